The smallest absolute Gasteiger partial charge is 0.0681 e. The number of hydrogen-bond acceptors (Lipinski definition) is 1. The Bertz CT molecular complexity index is 234. The monoisotopic (exact) mass is 148 g/mol. The van der Waals surface area contributed by atoms with Crippen LogP contribution >= 0.6 is 0 Å². The fourth-order valence-corrected chi connectivity index (χ4v) is 0.927. The van der Waals surface area contributed by atoms with Crippen molar-refractivity contribution in [2.24, 2.45) is 0 Å². The molecule has 0 aromatic heterocycles. The molecule has 0 aliphatic heterocycles. The molecule has 0 spiro atoms. The van der Waals surface area contributed by atoms with E-state index in [-0.39, 0.29) is 6.61 Å². The standard InChI is InChI=1S/C10H12O/c1-2-3-9-4-6-10(8-11)7-5-9/h2-7,11H,8H2,1H3/b3-2+. The van der Waals surface area contributed by atoms with Gasteiger partial charge in [-0.05, 0) is 18.1 Å². The van der Waals surface area contributed by atoms with Gasteiger partial charge in [-0.2, -0.15) is 0 Å². The topological polar surface area (TPSA) is 20.2 Å². The molecule has 1 aromatic carbocycles. The summed E-state index contributed by atoms with van der Waals surface area (Å²) in [5.74, 6) is 0. The molecule has 1 aromatic rings. The summed E-state index contributed by atoms with van der Waals surface area (Å²) < 4.78 is 0. The minimum atomic E-state index is 0.121. The molecule has 0 heterocycles. The van der Waals surface area contributed by atoms with Crippen LogP contribution in [0, 0.1) is 0 Å². The van der Waals surface area contributed by atoms with Crippen molar-refractivity contribution in [1.82, 2.24) is 0 Å². The van der Waals surface area contributed by atoms with E-state index in [9.17, 15) is 0 Å². The molecule has 0 bridgehead atoms. The third-order valence-corrected chi connectivity index (χ3v) is 1.52. The van der Waals surface area contributed by atoms with E-state index in [1.165, 1.54) is 5.56 Å². The van der Waals surface area contributed by atoms with Crippen LogP contribution in [-0.4, -0.2) is 5.11 Å². The van der Waals surface area contributed by atoms with Gasteiger partial charge in [-0.25, -0.2) is 0 Å². The summed E-state index contributed by atoms with van der Waals surface area (Å²) in [7, 11) is 0. The first-order chi connectivity index (χ1) is 5.36. The number of allylic oxidation sites excluding steroid dienone is 1. The van der Waals surface area contributed by atoms with E-state index in [1.54, 1.807) is 0 Å². The molecule has 1 nitrogen and oxygen atoms in total. The van der Waals surface area contributed by atoms with Crippen molar-refractivity contribution in [3.8, 4) is 0 Å². The van der Waals surface area contributed by atoms with Gasteiger partial charge in [0.25, 0.3) is 0 Å². The van der Waals surface area contributed by atoms with Crippen LogP contribution in [0.2, 0.25) is 0 Å². The lowest BCUT2D eigenvalue weighted by molar-refractivity contribution is 0.282. The van der Waals surface area contributed by atoms with Crippen molar-refractivity contribution in [3.05, 3.63) is 41.5 Å². The first-order valence-corrected chi connectivity index (χ1v) is 3.69. The molecule has 1 rings (SSSR count). The average molecular weight is 148 g/mol. The van der Waals surface area contributed by atoms with Gasteiger partial charge in [0.2, 0.25) is 0 Å². The Morgan fingerprint density at radius 1 is 1.27 bits per heavy atom. The molecule has 0 atom stereocenters. The maximum Gasteiger partial charge on any atom is 0.0681 e. The van der Waals surface area contributed by atoms with Crippen LogP contribution in [0.15, 0.2) is 30.3 Å². The van der Waals surface area contributed by atoms with E-state index in [1.807, 2.05) is 43.3 Å². The quantitative estimate of drug-likeness (QED) is 0.681. The highest BCUT2D eigenvalue weighted by atomic mass is 16.3. The minimum absolute atomic E-state index is 0.121. The normalized spacial score (nSPS) is 10.7. The van der Waals surface area contributed by atoms with Crippen molar-refractivity contribution < 1.29 is 5.11 Å². The van der Waals surface area contributed by atoms with Crippen LogP contribution in [0.25, 0.3) is 6.08 Å². The maximum absolute atomic E-state index is 8.74. The average Bonchev–Trinajstić information content (AvgIpc) is 2.07. The molecule has 0 radical (unpaired) electrons. The SMILES string of the molecule is C/C=C/c1ccc(CO)cc1. The summed E-state index contributed by atoms with van der Waals surface area (Å²) >= 11 is 0. The molecule has 11 heavy (non-hydrogen) atoms. The van der Waals surface area contributed by atoms with E-state index in [4.69, 9.17) is 5.11 Å². The Morgan fingerprint density at radius 2 is 1.91 bits per heavy atom. The van der Waals surface area contributed by atoms with Gasteiger partial charge < -0.3 is 5.11 Å². The van der Waals surface area contributed by atoms with Gasteiger partial charge in [0.15, 0.2) is 0 Å². The van der Waals surface area contributed by atoms with Gasteiger partial charge >= 0.3 is 0 Å². The molecule has 0 fully saturated rings. The van der Waals surface area contributed by atoms with E-state index in [0.29, 0.717) is 0 Å². The van der Waals surface area contributed by atoms with Gasteiger partial charge in [0, 0.05) is 0 Å². The summed E-state index contributed by atoms with van der Waals surface area (Å²) in [4.78, 5) is 0. The Hall–Kier alpha value is -1.08. The molecule has 0 saturated carbocycles. The zero-order valence-electron chi connectivity index (χ0n) is 6.62. The van der Waals surface area contributed by atoms with Crippen LogP contribution in [-0.2, 0) is 6.61 Å². The van der Waals surface area contributed by atoms with Gasteiger partial charge in [0.05, 0.1) is 6.61 Å². The molecule has 1 N–H and O–H groups in total. The largest absolute Gasteiger partial charge is 0.392 e. The van der Waals surface area contributed by atoms with E-state index in [2.05, 4.69) is 0 Å². The zero-order valence-corrected chi connectivity index (χ0v) is 6.62. The van der Waals surface area contributed by atoms with Crippen LogP contribution in [0.5, 0.6) is 0 Å². The molecule has 1 heteroatoms. The number of benzene rings is 1. The highest BCUT2D eigenvalue weighted by Crippen LogP contribution is 2.05. The second kappa shape index (κ2) is 3.94. The Labute approximate surface area is 67.0 Å². The third kappa shape index (κ3) is 2.20. The summed E-state index contributed by atoms with van der Waals surface area (Å²) in [5.41, 5.74) is 2.13. The third-order valence-electron chi connectivity index (χ3n) is 1.52. The molecule has 0 amide bonds. The van der Waals surface area contributed by atoms with Gasteiger partial charge in [-0.3, -0.25) is 0 Å². The van der Waals surface area contributed by atoms with Crippen LogP contribution < -0.4 is 0 Å². The Morgan fingerprint density at radius 3 is 2.36 bits per heavy atom. The van der Waals surface area contributed by atoms with Crippen molar-refractivity contribution in [1.29, 1.82) is 0 Å². The molecular weight excluding hydrogens is 136 g/mol. The lowest BCUT2D eigenvalue weighted by Gasteiger charge is -1.95. The summed E-state index contributed by atoms with van der Waals surface area (Å²) in [6, 6.07) is 7.84. The van der Waals surface area contributed by atoms with Gasteiger partial charge in [-0.1, -0.05) is 36.4 Å². The Kier molecular flexibility index (Phi) is 2.87. The van der Waals surface area contributed by atoms with Crippen LogP contribution in [0.3, 0.4) is 0 Å². The fraction of sp³-hybridized carbons (Fsp3) is 0.200. The Balaban J connectivity index is 2.82. The molecular formula is C10H12O. The molecule has 0 aliphatic carbocycles. The summed E-state index contributed by atoms with van der Waals surface area (Å²) in [6.07, 6.45) is 4.02. The second-order valence-corrected chi connectivity index (χ2v) is 2.40. The van der Waals surface area contributed by atoms with Crippen molar-refractivity contribution in [3.63, 3.8) is 0 Å². The predicted octanol–water partition coefficient (Wildman–Crippen LogP) is 2.21. The van der Waals surface area contributed by atoms with E-state index < -0.39 is 0 Å². The fourth-order valence-electron chi connectivity index (χ4n) is 0.927. The first-order valence-electron chi connectivity index (χ1n) is 3.69. The van der Waals surface area contributed by atoms with Gasteiger partial charge in [0.1, 0.15) is 0 Å². The molecule has 0 aliphatic rings. The highest BCUT2D eigenvalue weighted by molar-refractivity contribution is 5.49. The highest BCUT2D eigenvalue weighted by Gasteiger charge is 1.87. The van der Waals surface area contributed by atoms with Gasteiger partial charge in [-0.15, -0.1) is 0 Å². The lowest BCUT2D eigenvalue weighted by atomic mass is 10.1. The molecule has 58 valence electrons. The van der Waals surface area contributed by atoms with Crippen molar-refractivity contribution in [2.45, 2.75) is 13.5 Å². The number of rotatable bonds is 2. The number of aliphatic hydroxyl groups is 1. The zero-order chi connectivity index (χ0) is 8.10. The van der Waals surface area contributed by atoms with Crippen LogP contribution in [0.1, 0.15) is 18.1 Å². The second-order valence-electron chi connectivity index (χ2n) is 2.40. The van der Waals surface area contributed by atoms with Crippen molar-refractivity contribution in [2.75, 3.05) is 0 Å². The first kappa shape index (κ1) is 8.02. The van der Waals surface area contributed by atoms with Crippen LogP contribution in [0.4, 0.5) is 0 Å². The lowest BCUT2D eigenvalue weighted by Crippen LogP contribution is -1.81. The van der Waals surface area contributed by atoms with E-state index in [0.717, 1.165) is 5.56 Å². The minimum Gasteiger partial charge on any atom is -0.392 e. The summed E-state index contributed by atoms with van der Waals surface area (Å²) in [6.45, 7) is 2.11. The number of hydrogen-bond donors (Lipinski definition) is 1. The van der Waals surface area contributed by atoms with E-state index >= 15 is 0 Å². The molecule has 0 unspecified atom stereocenters. The number of aliphatic hydroxyl groups excluding tert-OH is 1. The maximum atomic E-state index is 8.74. The molecule has 0 saturated heterocycles. The van der Waals surface area contributed by atoms with Crippen molar-refractivity contribution >= 4 is 6.08 Å². The predicted molar refractivity (Wildman–Crippen MR) is 47.1 cm³/mol. The summed E-state index contributed by atoms with van der Waals surface area (Å²) in [5, 5.41) is 8.74.